The summed E-state index contributed by atoms with van der Waals surface area (Å²) in [5, 5.41) is 7.14. The Balaban J connectivity index is 1.68. The zero-order chi connectivity index (χ0) is 19.2. The van der Waals surface area contributed by atoms with Gasteiger partial charge in [0.2, 0.25) is 0 Å². The Morgan fingerprint density at radius 3 is 2.74 bits per heavy atom. The highest BCUT2D eigenvalue weighted by atomic mass is 79.9. The van der Waals surface area contributed by atoms with Gasteiger partial charge in [-0.25, -0.2) is 4.39 Å². The maximum atomic E-state index is 13.0. The van der Waals surface area contributed by atoms with E-state index in [-0.39, 0.29) is 17.8 Å². The van der Waals surface area contributed by atoms with Gasteiger partial charge >= 0.3 is 0 Å². The van der Waals surface area contributed by atoms with E-state index in [1.165, 1.54) is 17.7 Å². The minimum Gasteiger partial charge on any atom is -0.373 e. The second kappa shape index (κ2) is 9.24. The summed E-state index contributed by atoms with van der Waals surface area (Å²) in [7, 11) is 0. The first kappa shape index (κ1) is 19.7. The lowest BCUT2D eigenvalue weighted by Gasteiger charge is -2.22. The number of hydrogen-bond donors (Lipinski definition) is 2. The Morgan fingerprint density at radius 1 is 1.22 bits per heavy atom. The average molecular weight is 447 g/mol. The number of halogens is 2. The molecule has 6 heteroatoms. The molecule has 2 aromatic carbocycles. The van der Waals surface area contributed by atoms with E-state index >= 15 is 0 Å². The summed E-state index contributed by atoms with van der Waals surface area (Å²) in [4.78, 5) is 12.7. The number of benzene rings is 2. The fraction of sp³-hybridized carbons (Fsp3) is 0.190. The van der Waals surface area contributed by atoms with Gasteiger partial charge in [-0.2, -0.15) is 0 Å². The summed E-state index contributed by atoms with van der Waals surface area (Å²) in [5.74, 6) is 0.330. The monoisotopic (exact) mass is 446 g/mol. The van der Waals surface area contributed by atoms with Crippen molar-refractivity contribution in [1.29, 1.82) is 0 Å². The van der Waals surface area contributed by atoms with E-state index < -0.39 is 0 Å². The number of amides is 1. The number of rotatable bonds is 6. The summed E-state index contributed by atoms with van der Waals surface area (Å²) >= 11 is 5.09. The minimum absolute atomic E-state index is 0.147. The maximum absolute atomic E-state index is 13.0. The summed E-state index contributed by atoms with van der Waals surface area (Å²) in [6.45, 7) is 2.40. The van der Waals surface area contributed by atoms with Gasteiger partial charge in [0.25, 0.3) is 5.91 Å². The van der Waals surface area contributed by atoms with Crippen molar-refractivity contribution in [2.45, 2.75) is 25.3 Å². The lowest BCUT2D eigenvalue weighted by molar-refractivity contribution is -0.117. The number of carbonyl (C=O) groups is 1. The van der Waals surface area contributed by atoms with Crippen molar-refractivity contribution in [1.82, 2.24) is 10.6 Å². The molecule has 0 aliphatic carbocycles. The normalized spacial score (nSPS) is 16.2. The number of hydrogen-bond acceptors (Lipinski definition) is 3. The molecule has 3 nitrogen and oxygen atoms in total. The molecule has 0 fully saturated rings. The Morgan fingerprint density at radius 2 is 2.00 bits per heavy atom. The summed E-state index contributed by atoms with van der Waals surface area (Å²) < 4.78 is 14.0. The Bertz CT molecular complexity index is 880. The molecule has 27 heavy (non-hydrogen) atoms. The molecule has 0 bridgehead atoms. The first-order chi connectivity index (χ1) is 13.0. The van der Waals surface area contributed by atoms with Crippen molar-refractivity contribution in [2.75, 3.05) is 0 Å². The van der Waals surface area contributed by atoms with Crippen LogP contribution in [0.1, 0.15) is 18.1 Å². The topological polar surface area (TPSA) is 41.1 Å². The highest BCUT2D eigenvalue weighted by Gasteiger charge is 2.18. The van der Waals surface area contributed by atoms with E-state index in [9.17, 15) is 9.18 Å². The number of carbonyl (C=O) groups excluding carboxylic acids is 1. The molecule has 1 aliphatic rings. The van der Waals surface area contributed by atoms with Crippen LogP contribution in [0.25, 0.3) is 0 Å². The molecular formula is C21H20BrFN2OS. The van der Waals surface area contributed by atoms with E-state index in [0.29, 0.717) is 12.1 Å². The van der Waals surface area contributed by atoms with Crippen LogP contribution in [0.2, 0.25) is 0 Å². The molecule has 2 N–H and O–H groups in total. The third kappa shape index (κ3) is 5.71. The molecule has 3 rings (SSSR count). The smallest absolute Gasteiger partial charge is 0.254 e. The Kier molecular flexibility index (Phi) is 6.74. The van der Waals surface area contributed by atoms with Crippen molar-refractivity contribution in [3.8, 4) is 0 Å². The van der Waals surface area contributed by atoms with Crippen LogP contribution in [0.15, 0.2) is 75.8 Å². The van der Waals surface area contributed by atoms with Gasteiger partial charge < -0.3 is 10.6 Å². The standard InChI is InChI=1S/C21H20BrFN2OS/c1-14-5-10-19(20(26)24-12-15-6-8-18(23)9-7-15)21(25-14)27-13-16-3-2-4-17(22)11-16/h2-11,14,25H,12-13H2,1H3,(H,24,26). The van der Waals surface area contributed by atoms with Gasteiger partial charge in [0.1, 0.15) is 5.82 Å². The van der Waals surface area contributed by atoms with Crippen LogP contribution in [0.3, 0.4) is 0 Å². The molecule has 0 radical (unpaired) electrons. The van der Waals surface area contributed by atoms with Crippen LogP contribution in [-0.4, -0.2) is 11.9 Å². The minimum atomic E-state index is -0.285. The molecule has 140 valence electrons. The molecule has 0 saturated carbocycles. The van der Waals surface area contributed by atoms with Gasteiger partial charge in [0.15, 0.2) is 0 Å². The second-order valence-electron chi connectivity index (χ2n) is 6.26. The zero-order valence-corrected chi connectivity index (χ0v) is 17.2. The van der Waals surface area contributed by atoms with Crippen molar-refractivity contribution in [2.24, 2.45) is 0 Å². The molecular weight excluding hydrogens is 427 g/mol. The van der Waals surface area contributed by atoms with Gasteiger partial charge in [0.05, 0.1) is 10.6 Å². The van der Waals surface area contributed by atoms with E-state index in [0.717, 1.165) is 20.8 Å². The van der Waals surface area contributed by atoms with Gasteiger partial charge in [-0.1, -0.05) is 46.3 Å². The van der Waals surface area contributed by atoms with Crippen LogP contribution in [-0.2, 0) is 17.1 Å². The van der Waals surface area contributed by atoms with Crippen LogP contribution in [0.4, 0.5) is 4.39 Å². The molecule has 1 aliphatic heterocycles. The first-order valence-corrected chi connectivity index (χ1v) is 10.4. The van der Waals surface area contributed by atoms with Crippen molar-refractivity contribution in [3.05, 3.63) is 92.7 Å². The third-order valence-electron chi connectivity index (χ3n) is 4.04. The molecule has 0 spiro atoms. The van der Waals surface area contributed by atoms with E-state index in [4.69, 9.17) is 0 Å². The van der Waals surface area contributed by atoms with Gasteiger partial charge in [0, 0.05) is 22.8 Å². The summed E-state index contributed by atoms with van der Waals surface area (Å²) in [6, 6.07) is 14.4. The van der Waals surface area contributed by atoms with Gasteiger partial charge in [-0.15, -0.1) is 11.8 Å². The molecule has 1 atom stereocenters. The SMILES string of the molecule is CC1C=CC(C(=O)NCc2ccc(F)cc2)=C(SCc2cccc(Br)c2)N1. The highest BCUT2D eigenvalue weighted by Crippen LogP contribution is 2.27. The molecule has 0 saturated heterocycles. The average Bonchev–Trinajstić information content (AvgIpc) is 2.66. The van der Waals surface area contributed by atoms with Crippen LogP contribution >= 0.6 is 27.7 Å². The molecule has 1 unspecified atom stereocenters. The number of nitrogens with one attached hydrogen (secondary N) is 2. The van der Waals surface area contributed by atoms with Crippen molar-refractivity contribution < 1.29 is 9.18 Å². The number of thioether (sulfide) groups is 1. The molecule has 0 aromatic heterocycles. The molecule has 1 amide bonds. The van der Waals surface area contributed by atoms with Crippen molar-refractivity contribution in [3.63, 3.8) is 0 Å². The van der Waals surface area contributed by atoms with Crippen LogP contribution in [0, 0.1) is 5.82 Å². The largest absolute Gasteiger partial charge is 0.373 e. The molecule has 1 heterocycles. The Hall–Kier alpha value is -2.05. The van der Waals surface area contributed by atoms with E-state index in [2.05, 4.69) is 38.7 Å². The van der Waals surface area contributed by atoms with E-state index in [1.807, 2.05) is 31.2 Å². The first-order valence-electron chi connectivity index (χ1n) is 8.60. The predicted octanol–water partition coefficient (Wildman–Crippen LogP) is 4.90. The summed E-state index contributed by atoms with van der Waals surface area (Å²) in [6.07, 6.45) is 3.83. The fourth-order valence-electron chi connectivity index (χ4n) is 2.61. The van der Waals surface area contributed by atoms with Gasteiger partial charge in [-0.3, -0.25) is 4.79 Å². The predicted molar refractivity (Wildman–Crippen MR) is 112 cm³/mol. The second-order valence-corrected chi connectivity index (χ2v) is 8.16. The highest BCUT2D eigenvalue weighted by molar-refractivity contribution is 9.10. The third-order valence-corrected chi connectivity index (χ3v) is 5.64. The van der Waals surface area contributed by atoms with E-state index in [1.54, 1.807) is 23.9 Å². The van der Waals surface area contributed by atoms with Gasteiger partial charge in [-0.05, 0) is 48.4 Å². The van der Waals surface area contributed by atoms with Crippen LogP contribution < -0.4 is 10.6 Å². The summed E-state index contributed by atoms with van der Waals surface area (Å²) in [5.41, 5.74) is 2.65. The Labute approximate surface area is 171 Å². The lowest BCUT2D eigenvalue weighted by Crippen LogP contribution is -2.32. The molecule has 2 aromatic rings. The number of dihydropyridines is 1. The lowest BCUT2D eigenvalue weighted by atomic mass is 10.1. The van der Waals surface area contributed by atoms with Crippen molar-refractivity contribution >= 4 is 33.6 Å². The quantitative estimate of drug-likeness (QED) is 0.662. The zero-order valence-electron chi connectivity index (χ0n) is 14.8. The fourth-order valence-corrected chi connectivity index (χ4v) is 4.13. The van der Waals surface area contributed by atoms with Crippen LogP contribution in [0.5, 0.6) is 0 Å². The maximum Gasteiger partial charge on any atom is 0.254 e.